The third kappa shape index (κ3) is 3.37. The van der Waals surface area contributed by atoms with Crippen LogP contribution in [0.3, 0.4) is 0 Å². The maximum absolute atomic E-state index is 12.3. The fourth-order valence-corrected chi connectivity index (χ4v) is 2.27. The van der Waals surface area contributed by atoms with Gasteiger partial charge >= 0.3 is 12.1 Å². The number of aromatic nitrogens is 2. The zero-order valence-electron chi connectivity index (χ0n) is 10.6. The van der Waals surface area contributed by atoms with Gasteiger partial charge < -0.3 is 10.4 Å². The van der Waals surface area contributed by atoms with E-state index >= 15 is 0 Å². The third-order valence-corrected chi connectivity index (χ3v) is 3.54. The van der Waals surface area contributed by atoms with E-state index in [4.69, 9.17) is 5.11 Å². The Morgan fingerprint density at radius 2 is 2.05 bits per heavy atom. The van der Waals surface area contributed by atoms with Crippen molar-refractivity contribution in [3.8, 4) is 0 Å². The van der Waals surface area contributed by atoms with Crippen molar-refractivity contribution in [2.24, 2.45) is 5.41 Å². The second-order valence-electron chi connectivity index (χ2n) is 5.08. The number of carboxylic acids is 1. The molecule has 0 amide bonds. The van der Waals surface area contributed by atoms with Crippen molar-refractivity contribution in [3.05, 3.63) is 17.8 Å². The summed E-state index contributed by atoms with van der Waals surface area (Å²) in [6.07, 6.45) is -1.91. The topological polar surface area (TPSA) is 75.1 Å². The molecule has 1 aliphatic rings. The van der Waals surface area contributed by atoms with Crippen LogP contribution in [0.15, 0.2) is 12.1 Å². The van der Waals surface area contributed by atoms with Crippen LogP contribution in [-0.4, -0.2) is 27.8 Å². The molecule has 20 heavy (non-hydrogen) atoms. The zero-order valence-corrected chi connectivity index (χ0v) is 10.6. The summed E-state index contributed by atoms with van der Waals surface area (Å²) in [5, 5.41) is 18.3. The number of carboxylic acid groups (broad SMARTS) is 1. The van der Waals surface area contributed by atoms with Gasteiger partial charge in [0.1, 0.15) is 5.82 Å². The van der Waals surface area contributed by atoms with Crippen molar-refractivity contribution < 1.29 is 23.1 Å². The predicted octanol–water partition coefficient (Wildman–Crippen LogP) is 2.55. The van der Waals surface area contributed by atoms with Gasteiger partial charge in [0.05, 0.1) is 6.42 Å². The first kappa shape index (κ1) is 14.5. The maximum Gasteiger partial charge on any atom is 0.435 e. The Morgan fingerprint density at radius 3 is 2.45 bits per heavy atom. The molecule has 5 nitrogen and oxygen atoms in total. The Labute approximate surface area is 113 Å². The number of hydrogen-bond donors (Lipinski definition) is 2. The minimum atomic E-state index is -4.51. The lowest BCUT2D eigenvalue weighted by molar-refractivity contribution is -0.142. The molecule has 0 radical (unpaired) electrons. The van der Waals surface area contributed by atoms with E-state index in [1.54, 1.807) is 0 Å². The van der Waals surface area contributed by atoms with Gasteiger partial charge in [-0.25, -0.2) is 0 Å². The summed E-state index contributed by atoms with van der Waals surface area (Å²) in [4.78, 5) is 10.8. The van der Waals surface area contributed by atoms with Crippen LogP contribution in [0.2, 0.25) is 0 Å². The van der Waals surface area contributed by atoms with Crippen molar-refractivity contribution in [1.29, 1.82) is 0 Å². The molecule has 0 atom stereocenters. The summed E-state index contributed by atoms with van der Waals surface area (Å²) < 4.78 is 36.9. The van der Waals surface area contributed by atoms with Crippen LogP contribution in [0.4, 0.5) is 19.0 Å². The van der Waals surface area contributed by atoms with Gasteiger partial charge in [-0.2, -0.15) is 13.2 Å². The maximum atomic E-state index is 12.3. The van der Waals surface area contributed by atoms with E-state index in [1.165, 1.54) is 6.07 Å². The fourth-order valence-electron chi connectivity index (χ4n) is 2.27. The van der Waals surface area contributed by atoms with Gasteiger partial charge in [0.2, 0.25) is 0 Å². The molecule has 2 rings (SSSR count). The summed E-state index contributed by atoms with van der Waals surface area (Å²) in [7, 11) is 0. The van der Waals surface area contributed by atoms with Gasteiger partial charge in [0, 0.05) is 6.54 Å². The predicted molar refractivity (Wildman–Crippen MR) is 64.1 cm³/mol. The van der Waals surface area contributed by atoms with Crippen molar-refractivity contribution >= 4 is 11.8 Å². The number of nitrogens with one attached hydrogen (secondary N) is 1. The lowest BCUT2D eigenvalue weighted by atomic mass is 9.66. The van der Waals surface area contributed by atoms with Crippen LogP contribution in [-0.2, 0) is 11.0 Å². The molecule has 0 aliphatic heterocycles. The molecule has 0 aromatic carbocycles. The SMILES string of the molecule is O=C(O)CC1(CNc2ccc(C(F)(F)F)nn2)CCC1. The molecule has 0 spiro atoms. The van der Waals surface area contributed by atoms with Crippen LogP contribution in [0.5, 0.6) is 0 Å². The van der Waals surface area contributed by atoms with Gasteiger partial charge in [0.15, 0.2) is 5.69 Å². The number of rotatable bonds is 5. The van der Waals surface area contributed by atoms with E-state index in [0.717, 1.165) is 25.3 Å². The standard InChI is InChI=1S/C12H14F3N3O2/c13-12(14,15)8-2-3-9(18-17-8)16-7-11(4-1-5-11)6-10(19)20/h2-3H,1,4-7H2,(H,16,18)(H,19,20). The molecule has 2 N–H and O–H groups in total. The summed E-state index contributed by atoms with van der Waals surface area (Å²) in [5.74, 6) is -0.653. The summed E-state index contributed by atoms with van der Waals surface area (Å²) >= 11 is 0. The summed E-state index contributed by atoms with van der Waals surface area (Å²) in [6, 6.07) is 2.04. The van der Waals surface area contributed by atoms with Crippen molar-refractivity contribution in [1.82, 2.24) is 10.2 Å². The van der Waals surface area contributed by atoms with E-state index < -0.39 is 17.8 Å². The Hall–Kier alpha value is -1.86. The Bertz CT molecular complexity index is 484. The molecule has 1 aromatic rings. The smallest absolute Gasteiger partial charge is 0.435 e. The number of hydrogen-bond acceptors (Lipinski definition) is 4. The van der Waals surface area contributed by atoms with Crippen molar-refractivity contribution in [2.45, 2.75) is 31.9 Å². The highest BCUT2D eigenvalue weighted by atomic mass is 19.4. The lowest BCUT2D eigenvalue weighted by Gasteiger charge is -2.40. The molecular weight excluding hydrogens is 275 g/mol. The summed E-state index contributed by atoms with van der Waals surface area (Å²) in [5.41, 5.74) is -1.37. The molecule has 8 heteroatoms. The quantitative estimate of drug-likeness (QED) is 0.871. The fraction of sp³-hybridized carbons (Fsp3) is 0.583. The highest BCUT2D eigenvalue weighted by Crippen LogP contribution is 2.43. The van der Waals surface area contributed by atoms with Crippen LogP contribution < -0.4 is 5.32 Å². The van der Waals surface area contributed by atoms with Crippen molar-refractivity contribution in [3.63, 3.8) is 0 Å². The van der Waals surface area contributed by atoms with Crippen LogP contribution in [0, 0.1) is 5.41 Å². The number of nitrogens with zero attached hydrogens (tertiary/aromatic N) is 2. The van der Waals surface area contributed by atoms with E-state index in [0.29, 0.717) is 6.54 Å². The second-order valence-corrected chi connectivity index (χ2v) is 5.08. The molecule has 1 aliphatic carbocycles. The molecule has 0 saturated heterocycles. The van der Waals surface area contributed by atoms with Crippen molar-refractivity contribution in [2.75, 3.05) is 11.9 Å². The molecule has 0 bridgehead atoms. The number of halogens is 3. The molecule has 1 aromatic heterocycles. The van der Waals surface area contributed by atoms with E-state index in [-0.39, 0.29) is 17.7 Å². The lowest BCUT2D eigenvalue weighted by Crippen LogP contribution is -2.38. The van der Waals surface area contributed by atoms with Crippen LogP contribution in [0.1, 0.15) is 31.4 Å². The Balaban J connectivity index is 1.95. The third-order valence-electron chi connectivity index (χ3n) is 3.54. The first-order valence-electron chi connectivity index (χ1n) is 6.17. The largest absolute Gasteiger partial charge is 0.481 e. The molecule has 0 unspecified atom stereocenters. The first-order valence-corrected chi connectivity index (χ1v) is 6.17. The molecule has 1 heterocycles. The Morgan fingerprint density at radius 1 is 1.35 bits per heavy atom. The molecular formula is C12H14F3N3O2. The first-order chi connectivity index (χ1) is 9.31. The summed E-state index contributed by atoms with van der Waals surface area (Å²) in [6.45, 7) is 0.374. The average molecular weight is 289 g/mol. The zero-order chi connectivity index (χ0) is 14.8. The van der Waals surface area contributed by atoms with E-state index in [2.05, 4.69) is 15.5 Å². The van der Waals surface area contributed by atoms with Gasteiger partial charge in [-0.15, -0.1) is 10.2 Å². The molecule has 1 saturated carbocycles. The van der Waals surface area contributed by atoms with Gasteiger partial charge in [-0.3, -0.25) is 4.79 Å². The number of carbonyl (C=O) groups is 1. The minimum absolute atomic E-state index is 0.0497. The average Bonchev–Trinajstić information content (AvgIpc) is 2.31. The van der Waals surface area contributed by atoms with E-state index in [9.17, 15) is 18.0 Å². The molecule has 1 fully saturated rings. The van der Waals surface area contributed by atoms with Gasteiger partial charge in [-0.1, -0.05) is 6.42 Å². The van der Waals surface area contributed by atoms with Gasteiger partial charge in [0.25, 0.3) is 0 Å². The number of anilines is 1. The van der Waals surface area contributed by atoms with Gasteiger partial charge in [-0.05, 0) is 30.4 Å². The number of alkyl halides is 3. The van der Waals surface area contributed by atoms with Crippen LogP contribution in [0.25, 0.3) is 0 Å². The highest BCUT2D eigenvalue weighted by molar-refractivity contribution is 5.68. The Kier molecular flexibility index (Phi) is 3.82. The number of aliphatic carboxylic acids is 1. The van der Waals surface area contributed by atoms with E-state index in [1.807, 2.05) is 0 Å². The second kappa shape index (κ2) is 5.26. The van der Waals surface area contributed by atoms with Crippen LogP contribution >= 0.6 is 0 Å². The minimum Gasteiger partial charge on any atom is -0.481 e. The molecule has 110 valence electrons. The normalized spacial score (nSPS) is 17.4. The monoisotopic (exact) mass is 289 g/mol. The highest BCUT2D eigenvalue weighted by Gasteiger charge is 2.39.